The fourth-order valence-electron chi connectivity index (χ4n) is 2.45. The molecule has 0 radical (unpaired) electrons. The number of rotatable bonds is 5. The topological polar surface area (TPSA) is 31.2 Å². The highest BCUT2D eigenvalue weighted by Gasteiger charge is 2.18. The summed E-state index contributed by atoms with van der Waals surface area (Å²) < 4.78 is 8.27. The lowest BCUT2D eigenvalue weighted by atomic mass is 10.0. The molecule has 0 aliphatic heterocycles. The van der Waals surface area contributed by atoms with E-state index < -0.39 is 6.10 Å². The molecule has 3 nitrogen and oxygen atoms in total. The smallest absolute Gasteiger partial charge is 0.326 e. The first kappa shape index (κ1) is 16.1. The van der Waals surface area contributed by atoms with E-state index in [1.54, 1.807) is 29.1 Å². The summed E-state index contributed by atoms with van der Waals surface area (Å²) in [4.78, 5) is 12.4. The molecule has 0 aliphatic carbocycles. The van der Waals surface area contributed by atoms with Gasteiger partial charge in [0, 0.05) is 16.9 Å². The van der Waals surface area contributed by atoms with Crippen LogP contribution in [-0.4, -0.2) is 10.5 Å². The van der Waals surface area contributed by atoms with E-state index in [-0.39, 0.29) is 12.5 Å². The highest BCUT2D eigenvalue weighted by Crippen LogP contribution is 2.26. The van der Waals surface area contributed by atoms with Crippen molar-refractivity contribution >= 4 is 18.2 Å². The number of hydrogen-bond donors (Lipinski definition) is 0. The van der Waals surface area contributed by atoms with Gasteiger partial charge in [-0.1, -0.05) is 72.9 Å². The van der Waals surface area contributed by atoms with Crippen LogP contribution in [-0.2, 0) is 16.1 Å². The summed E-state index contributed by atoms with van der Waals surface area (Å²) in [5.74, 6) is -0.296. The molecule has 0 bridgehead atoms. The first-order valence-corrected chi connectivity index (χ1v) is 8.09. The molecule has 4 heteroatoms. The van der Waals surface area contributed by atoms with Crippen molar-refractivity contribution in [3.8, 4) is 0 Å². The van der Waals surface area contributed by atoms with Crippen molar-refractivity contribution in [2.24, 2.45) is 0 Å². The zero-order valence-electron chi connectivity index (χ0n) is 13.0. The Morgan fingerprint density at radius 1 is 0.875 bits per heavy atom. The predicted octanol–water partition coefficient (Wildman–Crippen LogP) is 4.55. The van der Waals surface area contributed by atoms with Gasteiger partial charge < -0.3 is 9.30 Å². The van der Waals surface area contributed by atoms with Gasteiger partial charge in [0.05, 0.1) is 0 Å². The maximum Gasteiger partial charge on any atom is 0.326 e. The molecule has 0 unspecified atom stereocenters. The number of pyridine rings is 1. The Kier molecular flexibility index (Phi) is 5.18. The Labute approximate surface area is 146 Å². The van der Waals surface area contributed by atoms with Crippen molar-refractivity contribution in [1.29, 1.82) is 0 Å². The van der Waals surface area contributed by atoms with Gasteiger partial charge in [0.1, 0.15) is 6.54 Å². The molecule has 0 N–H and O–H groups in total. The molecule has 24 heavy (non-hydrogen) atoms. The second kappa shape index (κ2) is 7.70. The number of esters is 1. The van der Waals surface area contributed by atoms with Gasteiger partial charge in [0.15, 0.2) is 6.10 Å². The van der Waals surface area contributed by atoms with Gasteiger partial charge in [-0.25, -0.2) is 0 Å². The number of nitrogens with zero attached hydrogens (tertiary/aromatic N) is 1. The minimum absolute atomic E-state index is 0.145. The number of ether oxygens (including phenoxy) is 1. The van der Waals surface area contributed by atoms with E-state index in [9.17, 15) is 4.79 Å². The van der Waals surface area contributed by atoms with Gasteiger partial charge in [-0.15, -0.1) is 0 Å². The maximum atomic E-state index is 12.4. The van der Waals surface area contributed by atoms with Crippen LogP contribution in [0.4, 0.5) is 0 Å². The van der Waals surface area contributed by atoms with Crippen molar-refractivity contribution in [2.75, 3.05) is 0 Å². The molecular weight excluding hydrogens is 318 g/mol. The Morgan fingerprint density at radius 3 is 1.88 bits per heavy atom. The van der Waals surface area contributed by atoms with E-state index in [0.717, 1.165) is 15.6 Å². The third-order valence-corrected chi connectivity index (χ3v) is 3.90. The zero-order chi connectivity index (χ0) is 16.8. The molecule has 120 valence electrons. The highest BCUT2D eigenvalue weighted by atomic mass is 32.1. The lowest BCUT2D eigenvalue weighted by Gasteiger charge is -2.19. The lowest BCUT2D eigenvalue weighted by Crippen LogP contribution is -2.17. The molecule has 1 heterocycles. The molecule has 0 saturated carbocycles. The van der Waals surface area contributed by atoms with Crippen LogP contribution in [0.2, 0.25) is 0 Å². The summed E-state index contributed by atoms with van der Waals surface area (Å²) >= 11 is 5.05. The third-order valence-electron chi connectivity index (χ3n) is 3.63. The summed E-state index contributed by atoms with van der Waals surface area (Å²) in [7, 11) is 0. The van der Waals surface area contributed by atoms with Crippen LogP contribution in [0.25, 0.3) is 0 Å². The maximum absolute atomic E-state index is 12.4. The minimum atomic E-state index is -0.418. The van der Waals surface area contributed by atoms with Crippen LogP contribution in [0.15, 0.2) is 85.2 Å². The number of hydrogen-bond acceptors (Lipinski definition) is 3. The lowest BCUT2D eigenvalue weighted by molar-refractivity contribution is -0.148. The van der Waals surface area contributed by atoms with Gasteiger partial charge >= 0.3 is 5.97 Å². The Morgan fingerprint density at radius 2 is 1.38 bits per heavy atom. The summed E-state index contributed by atoms with van der Waals surface area (Å²) in [6, 6.07) is 23.1. The number of carbonyl (C=O) groups excluding carboxylic acids is 1. The minimum Gasteiger partial charge on any atom is -0.451 e. The average Bonchev–Trinajstić information content (AvgIpc) is 2.63. The van der Waals surface area contributed by atoms with E-state index in [4.69, 9.17) is 17.0 Å². The molecule has 3 aromatic rings. The first-order valence-electron chi connectivity index (χ1n) is 7.68. The van der Waals surface area contributed by atoms with E-state index >= 15 is 0 Å². The van der Waals surface area contributed by atoms with Crippen molar-refractivity contribution < 1.29 is 9.53 Å². The van der Waals surface area contributed by atoms with Gasteiger partial charge in [-0.2, -0.15) is 0 Å². The largest absolute Gasteiger partial charge is 0.451 e. The summed E-state index contributed by atoms with van der Waals surface area (Å²) in [5.41, 5.74) is 1.89. The van der Waals surface area contributed by atoms with E-state index in [2.05, 4.69) is 0 Å². The number of aromatic nitrogens is 1. The van der Waals surface area contributed by atoms with Crippen LogP contribution in [0, 0.1) is 4.51 Å². The van der Waals surface area contributed by atoms with E-state index in [0.29, 0.717) is 0 Å². The van der Waals surface area contributed by atoms with Crippen molar-refractivity contribution in [1.82, 2.24) is 4.57 Å². The Bertz CT molecular complexity index is 800. The van der Waals surface area contributed by atoms with Crippen LogP contribution in [0.3, 0.4) is 0 Å². The second-order valence-corrected chi connectivity index (χ2v) is 5.87. The molecule has 0 fully saturated rings. The highest BCUT2D eigenvalue weighted by molar-refractivity contribution is 7.71. The average molecular weight is 335 g/mol. The summed E-state index contributed by atoms with van der Waals surface area (Å²) in [5, 5.41) is 0. The van der Waals surface area contributed by atoms with Gasteiger partial charge in [-0.05, 0) is 23.3 Å². The molecule has 0 amide bonds. The second-order valence-electron chi connectivity index (χ2n) is 5.40. The normalized spacial score (nSPS) is 10.5. The zero-order valence-corrected chi connectivity index (χ0v) is 13.9. The SMILES string of the molecule is O=C(Cn1ccc(=S)cc1)OC(c1ccccc1)c1ccccc1. The van der Waals surface area contributed by atoms with Crippen LogP contribution >= 0.6 is 12.2 Å². The van der Waals surface area contributed by atoms with Crippen LogP contribution in [0.5, 0.6) is 0 Å². The van der Waals surface area contributed by atoms with Crippen molar-refractivity contribution in [3.05, 3.63) is 101 Å². The number of benzene rings is 2. The van der Waals surface area contributed by atoms with E-state index in [1.807, 2.05) is 60.7 Å². The summed E-state index contributed by atoms with van der Waals surface area (Å²) in [6.45, 7) is 0.145. The first-order chi connectivity index (χ1) is 11.7. The van der Waals surface area contributed by atoms with E-state index in [1.165, 1.54) is 0 Å². The molecule has 1 aromatic heterocycles. The standard InChI is InChI=1S/C20H17NO2S/c22-19(15-21-13-11-18(24)12-14-21)23-20(16-7-3-1-4-8-16)17-9-5-2-6-10-17/h1-14,20H,15H2. The molecule has 0 atom stereocenters. The van der Waals surface area contributed by atoms with Gasteiger partial charge in [-0.3, -0.25) is 4.79 Å². The fraction of sp³-hybridized carbons (Fsp3) is 0.100. The molecule has 0 aliphatic rings. The Hall–Kier alpha value is -2.72. The molecule has 2 aromatic carbocycles. The van der Waals surface area contributed by atoms with Crippen LogP contribution < -0.4 is 0 Å². The third kappa shape index (κ3) is 4.18. The van der Waals surface area contributed by atoms with Gasteiger partial charge in [0.25, 0.3) is 0 Å². The monoisotopic (exact) mass is 335 g/mol. The summed E-state index contributed by atoms with van der Waals surface area (Å²) in [6.07, 6.45) is 3.14. The number of carbonyl (C=O) groups is 1. The molecule has 3 rings (SSSR count). The fourth-order valence-corrected chi connectivity index (χ4v) is 2.57. The molecule has 0 spiro atoms. The quantitative estimate of drug-likeness (QED) is 0.506. The van der Waals surface area contributed by atoms with Crippen LogP contribution in [0.1, 0.15) is 17.2 Å². The Balaban J connectivity index is 1.80. The van der Waals surface area contributed by atoms with Crippen molar-refractivity contribution in [3.63, 3.8) is 0 Å². The molecule has 0 saturated heterocycles. The van der Waals surface area contributed by atoms with Gasteiger partial charge in [0.2, 0.25) is 0 Å². The predicted molar refractivity (Wildman–Crippen MR) is 96.1 cm³/mol. The van der Waals surface area contributed by atoms with Crippen molar-refractivity contribution in [2.45, 2.75) is 12.6 Å². The molecular formula is C20H17NO2S.